The Balaban J connectivity index is 1.64. The second kappa shape index (κ2) is 6.64. The number of carbonyl (C=O) groups is 1. The monoisotopic (exact) mass is 312 g/mol. The molecule has 1 amide bonds. The summed E-state index contributed by atoms with van der Waals surface area (Å²) < 4.78 is 5.18. The van der Waals surface area contributed by atoms with E-state index in [4.69, 9.17) is 4.74 Å². The minimum atomic E-state index is 0.0403. The first-order valence-electron chi connectivity index (χ1n) is 7.66. The predicted molar refractivity (Wildman–Crippen MR) is 87.9 cm³/mol. The summed E-state index contributed by atoms with van der Waals surface area (Å²) in [6.07, 6.45) is 0. The fourth-order valence-electron chi connectivity index (χ4n) is 2.64. The number of aromatic nitrogens is 2. The van der Waals surface area contributed by atoms with Gasteiger partial charge in [0.1, 0.15) is 5.75 Å². The number of carbonyl (C=O) groups excluding carboxylic acids is 1. The molecule has 0 aliphatic carbocycles. The van der Waals surface area contributed by atoms with Crippen molar-refractivity contribution in [2.45, 2.75) is 6.92 Å². The van der Waals surface area contributed by atoms with Crippen molar-refractivity contribution in [3.8, 4) is 5.75 Å². The zero-order valence-electron chi connectivity index (χ0n) is 13.4. The van der Waals surface area contributed by atoms with Gasteiger partial charge in [0.25, 0.3) is 5.91 Å². The Bertz CT molecular complexity index is 679. The van der Waals surface area contributed by atoms with Crippen molar-refractivity contribution >= 4 is 11.7 Å². The van der Waals surface area contributed by atoms with E-state index in [1.807, 2.05) is 42.2 Å². The first-order chi connectivity index (χ1) is 11.2. The lowest BCUT2D eigenvalue weighted by atomic mass is 10.1. The van der Waals surface area contributed by atoms with Gasteiger partial charge in [-0.25, -0.2) is 0 Å². The molecule has 1 aromatic carbocycles. The van der Waals surface area contributed by atoms with Gasteiger partial charge in [0.05, 0.1) is 12.8 Å². The van der Waals surface area contributed by atoms with E-state index in [0.717, 1.165) is 24.6 Å². The number of amides is 1. The van der Waals surface area contributed by atoms with Crippen LogP contribution in [0, 0.1) is 6.92 Å². The zero-order chi connectivity index (χ0) is 16.2. The third kappa shape index (κ3) is 3.41. The molecule has 6 heteroatoms. The fraction of sp³-hybridized carbons (Fsp3) is 0.353. The molecule has 1 fully saturated rings. The van der Waals surface area contributed by atoms with Crippen LogP contribution in [0.25, 0.3) is 0 Å². The van der Waals surface area contributed by atoms with E-state index >= 15 is 0 Å². The van der Waals surface area contributed by atoms with Crippen molar-refractivity contribution in [3.05, 3.63) is 47.7 Å². The van der Waals surface area contributed by atoms with Crippen LogP contribution in [0.4, 0.5) is 5.82 Å². The van der Waals surface area contributed by atoms with Crippen molar-refractivity contribution < 1.29 is 9.53 Å². The number of piperazine rings is 1. The first kappa shape index (κ1) is 15.3. The van der Waals surface area contributed by atoms with Crippen LogP contribution in [0.15, 0.2) is 36.4 Å². The maximum absolute atomic E-state index is 12.6. The Hall–Kier alpha value is -2.63. The lowest BCUT2D eigenvalue weighted by molar-refractivity contribution is 0.0746. The van der Waals surface area contributed by atoms with Crippen molar-refractivity contribution in [2.24, 2.45) is 0 Å². The van der Waals surface area contributed by atoms with Crippen molar-refractivity contribution in [1.82, 2.24) is 15.1 Å². The molecule has 1 aromatic heterocycles. The SMILES string of the molecule is COc1cccc(C(=O)N2CCN(c3ccc(C)nn3)CC2)c1. The number of aryl methyl sites for hydroxylation is 1. The molecule has 120 valence electrons. The van der Waals surface area contributed by atoms with E-state index in [0.29, 0.717) is 24.4 Å². The molecule has 1 aliphatic heterocycles. The molecule has 6 nitrogen and oxygen atoms in total. The number of hydrogen-bond acceptors (Lipinski definition) is 5. The quantitative estimate of drug-likeness (QED) is 0.864. The highest BCUT2D eigenvalue weighted by Crippen LogP contribution is 2.17. The Morgan fingerprint density at radius 3 is 2.52 bits per heavy atom. The van der Waals surface area contributed by atoms with Crippen LogP contribution in [0.1, 0.15) is 16.1 Å². The molecular formula is C17H20N4O2. The number of anilines is 1. The minimum absolute atomic E-state index is 0.0403. The third-order valence-electron chi connectivity index (χ3n) is 3.99. The molecule has 0 unspecified atom stereocenters. The minimum Gasteiger partial charge on any atom is -0.497 e. The van der Waals surface area contributed by atoms with E-state index in [1.165, 1.54) is 0 Å². The number of nitrogens with zero attached hydrogens (tertiary/aromatic N) is 4. The summed E-state index contributed by atoms with van der Waals surface area (Å²) in [5.41, 5.74) is 1.56. The standard InChI is InChI=1S/C17H20N4O2/c1-13-6-7-16(19-18-13)20-8-10-21(11-9-20)17(22)14-4-3-5-15(12-14)23-2/h3-7,12H,8-11H2,1-2H3. The summed E-state index contributed by atoms with van der Waals surface area (Å²) in [7, 11) is 1.60. The highest BCUT2D eigenvalue weighted by Gasteiger charge is 2.23. The van der Waals surface area contributed by atoms with Crippen LogP contribution in [0.5, 0.6) is 5.75 Å². The van der Waals surface area contributed by atoms with E-state index in [9.17, 15) is 4.79 Å². The van der Waals surface area contributed by atoms with E-state index in [2.05, 4.69) is 15.1 Å². The molecular weight excluding hydrogens is 292 g/mol. The van der Waals surface area contributed by atoms with Crippen molar-refractivity contribution in [2.75, 3.05) is 38.2 Å². The molecule has 0 bridgehead atoms. The van der Waals surface area contributed by atoms with Crippen molar-refractivity contribution in [3.63, 3.8) is 0 Å². The highest BCUT2D eigenvalue weighted by atomic mass is 16.5. The van der Waals surface area contributed by atoms with E-state index in [1.54, 1.807) is 13.2 Å². The lowest BCUT2D eigenvalue weighted by Gasteiger charge is -2.35. The van der Waals surface area contributed by atoms with Gasteiger partial charge in [-0.05, 0) is 37.3 Å². The first-order valence-corrected chi connectivity index (χ1v) is 7.66. The molecule has 2 heterocycles. The van der Waals surface area contributed by atoms with E-state index < -0.39 is 0 Å². The van der Waals surface area contributed by atoms with Gasteiger partial charge >= 0.3 is 0 Å². The summed E-state index contributed by atoms with van der Waals surface area (Å²) in [4.78, 5) is 16.6. The Morgan fingerprint density at radius 1 is 1.09 bits per heavy atom. The van der Waals surface area contributed by atoms with Crippen molar-refractivity contribution in [1.29, 1.82) is 0 Å². The van der Waals surface area contributed by atoms with Gasteiger partial charge in [-0.15, -0.1) is 5.10 Å². The van der Waals surface area contributed by atoms with Gasteiger partial charge in [0.15, 0.2) is 5.82 Å². The normalized spacial score (nSPS) is 14.7. The average Bonchev–Trinajstić information content (AvgIpc) is 2.62. The number of rotatable bonds is 3. The fourth-order valence-corrected chi connectivity index (χ4v) is 2.64. The van der Waals surface area contributed by atoms with Gasteiger partial charge in [-0.2, -0.15) is 5.10 Å². The molecule has 23 heavy (non-hydrogen) atoms. The number of ether oxygens (including phenoxy) is 1. The Kier molecular flexibility index (Phi) is 4.41. The van der Waals surface area contributed by atoms with Gasteiger partial charge in [0, 0.05) is 31.7 Å². The predicted octanol–water partition coefficient (Wildman–Crippen LogP) is 1.76. The molecule has 0 saturated carbocycles. The summed E-state index contributed by atoms with van der Waals surface area (Å²) in [5, 5.41) is 8.30. The summed E-state index contributed by atoms with van der Waals surface area (Å²) in [6, 6.07) is 11.2. The van der Waals surface area contributed by atoms with Crippen LogP contribution >= 0.6 is 0 Å². The molecule has 3 rings (SSSR count). The number of hydrogen-bond donors (Lipinski definition) is 0. The summed E-state index contributed by atoms with van der Waals surface area (Å²) in [6.45, 7) is 4.78. The van der Waals surface area contributed by atoms with Crippen LogP contribution in [-0.4, -0.2) is 54.3 Å². The molecule has 0 N–H and O–H groups in total. The lowest BCUT2D eigenvalue weighted by Crippen LogP contribution is -2.49. The smallest absolute Gasteiger partial charge is 0.254 e. The van der Waals surface area contributed by atoms with E-state index in [-0.39, 0.29) is 5.91 Å². The zero-order valence-corrected chi connectivity index (χ0v) is 13.4. The molecule has 1 saturated heterocycles. The Morgan fingerprint density at radius 2 is 1.87 bits per heavy atom. The van der Waals surface area contributed by atoms with Gasteiger partial charge < -0.3 is 14.5 Å². The molecule has 0 spiro atoms. The topological polar surface area (TPSA) is 58.6 Å². The number of benzene rings is 1. The molecule has 0 radical (unpaired) electrons. The summed E-state index contributed by atoms with van der Waals surface area (Å²) in [5.74, 6) is 1.60. The third-order valence-corrected chi connectivity index (χ3v) is 3.99. The van der Waals surface area contributed by atoms with Crippen LogP contribution in [0.2, 0.25) is 0 Å². The average molecular weight is 312 g/mol. The Labute approximate surface area is 135 Å². The van der Waals surface area contributed by atoms with Crippen LogP contribution in [-0.2, 0) is 0 Å². The van der Waals surface area contributed by atoms with Gasteiger partial charge in [0.2, 0.25) is 0 Å². The highest BCUT2D eigenvalue weighted by molar-refractivity contribution is 5.94. The van der Waals surface area contributed by atoms with Gasteiger partial charge in [-0.1, -0.05) is 6.07 Å². The molecule has 2 aromatic rings. The molecule has 1 aliphatic rings. The second-order valence-electron chi connectivity index (χ2n) is 5.54. The summed E-state index contributed by atoms with van der Waals surface area (Å²) >= 11 is 0. The van der Waals surface area contributed by atoms with Gasteiger partial charge in [-0.3, -0.25) is 4.79 Å². The van der Waals surface area contributed by atoms with Crippen LogP contribution in [0.3, 0.4) is 0 Å². The van der Waals surface area contributed by atoms with Crippen LogP contribution < -0.4 is 9.64 Å². The largest absolute Gasteiger partial charge is 0.497 e. The maximum Gasteiger partial charge on any atom is 0.254 e. The maximum atomic E-state index is 12.6. The second-order valence-corrected chi connectivity index (χ2v) is 5.54. The number of methoxy groups -OCH3 is 1. The molecule has 0 atom stereocenters.